The number of aryl methyl sites for hydroxylation is 2. The third-order valence-corrected chi connectivity index (χ3v) is 4.88. The molecule has 12 heteroatoms. The Labute approximate surface area is 172 Å². The van der Waals surface area contributed by atoms with Crippen LogP contribution in [0.15, 0.2) is 28.8 Å². The molecule has 3 heterocycles. The lowest BCUT2D eigenvalue weighted by molar-refractivity contribution is -0.119. The molecule has 0 saturated heterocycles. The molecule has 0 bridgehead atoms. The number of hydrogen-bond acceptors (Lipinski definition) is 10. The number of nitrogens with one attached hydrogen (secondary N) is 1. The van der Waals surface area contributed by atoms with Crippen LogP contribution in [0, 0.1) is 13.8 Å². The highest BCUT2D eigenvalue weighted by Crippen LogP contribution is 2.30. The number of amides is 3. The third kappa shape index (κ3) is 3.55. The second-order valence-electron chi connectivity index (χ2n) is 6.26. The monoisotopic (exact) mass is 427 g/mol. The van der Waals surface area contributed by atoms with E-state index in [4.69, 9.17) is 9.26 Å². The van der Waals surface area contributed by atoms with E-state index >= 15 is 0 Å². The lowest BCUT2D eigenvalue weighted by Crippen LogP contribution is -2.29. The second kappa shape index (κ2) is 7.48. The fourth-order valence-corrected chi connectivity index (χ4v) is 3.42. The molecule has 152 valence electrons. The summed E-state index contributed by atoms with van der Waals surface area (Å²) in [5, 5.41) is 14.4. The van der Waals surface area contributed by atoms with Gasteiger partial charge in [-0.2, -0.15) is 0 Å². The lowest BCUT2D eigenvalue weighted by atomic mass is 10.1. The Bertz CT molecular complexity index is 1200. The Morgan fingerprint density at radius 1 is 1.13 bits per heavy atom. The zero-order valence-electron chi connectivity index (χ0n) is 15.7. The molecule has 0 aliphatic carbocycles. The van der Waals surface area contributed by atoms with Gasteiger partial charge >= 0.3 is 5.97 Å². The maximum atomic E-state index is 12.7. The predicted molar refractivity (Wildman–Crippen MR) is 102 cm³/mol. The van der Waals surface area contributed by atoms with E-state index in [1.54, 1.807) is 13.8 Å². The molecular formula is C18H13N5O6S. The van der Waals surface area contributed by atoms with Crippen molar-refractivity contribution in [1.29, 1.82) is 0 Å². The van der Waals surface area contributed by atoms with E-state index in [0.29, 0.717) is 10.8 Å². The van der Waals surface area contributed by atoms with Gasteiger partial charge in [-0.15, -0.1) is 10.2 Å². The first kappa shape index (κ1) is 19.4. The molecule has 0 fully saturated rings. The average Bonchev–Trinajstić information content (AvgIpc) is 3.39. The Kier molecular flexibility index (Phi) is 4.83. The number of carbonyl (C=O) groups excluding carboxylic acids is 4. The molecule has 0 saturated carbocycles. The van der Waals surface area contributed by atoms with Gasteiger partial charge in [0.15, 0.2) is 12.4 Å². The number of carbonyl (C=O) groups is 4. The molecule has 1 aliphatic rings. The molecule has 0 atom stereocenters. The highest BCUT2D eigenvalue weighted by Gasteiger charge is 2.39. The number of esters is 1. The van der Waals surface area contributed by atoms with Crippen molar-refractivity contribution in [1.82, 2.24) is 15.4 Å². The van der Waals surface area contributed by atoms with Crippen LogP contribution in [0.2, 0.25) is 0 Å². The van der Waals surface area contributed by atoms with Crippen LogP contribution < -0.4 is 10.2 Å². The van der Waals surface area contributed by atoms with Crippen LogP contribution in [-0.2, 0) is 9.53 Å². The lowest BCUT2D eigenvalue weighted by Gasteiger charge is -2.07. The molecule has 4 rings (SSSR count). The molecule has 1 aliphatic heterocycles. The molecule has 1 aromatic carbocycles. The fraction of sp³-hybridized carbons (Fsp3) is 0.167. The molecule has 11 nitrogen and oxygen atoms in total. The summed E-state index contributed by atoms with van der Waals surface area (Å²) in [6, 6.07) is 5.47. The van der Waals surface area contributed by atoms with Crippen molar-refractivity contribution < 1.29 is 28.4 Å². The first-order chi connectivity index (χ1) is 14.3. The number of hydrogen-bond donors (Lipinski definition) is 1. The van der Waals surface area contributed by atoms with Gasteiger partial charge in [-0.3, -0.25) is 14.4 Å². The maximum absolute atomic E-state index is 12.7. The molecule has 3 aromatic rings. The first-order valence-electron chi connectivity index (χ1n) is 8.56. The number of nitrogens with zero attached hydrogens (tertiary/aromatic N) is 4. The van der Waals surface area contributed by atoms with Crippen LogP contribution in [-0.4, -0.2) is 45.7 Å². The predicted octanol–water partition coefficient (Wildman–Crippen LogP) is 1.74. The number of ether oxygens (including phenoxy) is 1. The molecule has 3 amide bonds. The van der Waals surface area contributed by atoms with E-state index in [1.807, 2.05) is 0 Å². The normalized spacial score (nSPS) is 12.8. The van der Waals surface area contributed by atoms with Gasteiger partial charge in [0.2, 0.25) is 5.13 Å². The molecule has 0 spiro atoms. The largest absolute Gasteiger partial charge is 0.452 e. The number of anilines is 2. The standard InChI is InChI=1S/C18H13N5O6S/c1-8-5-13(22-29-8)19-14(24)7-28-17(27)10-3-4-11-12(6-10)16(26)23(15(11)25)18-21-20-9(2)30-18/h3-6H,7H2,1-2H3,(H,19,22,24). The summed E-state index contributed by atoms with van der Waals surface area (Å²) in [6.07, 6.45) is 0. The third-order valence-electron chi connectivity index (χ3n) is 4.06. The number of aromatic nitrogens is 3. The Hall–Kier alpha value is -3.93. The van der Waals surface area contributed by atoms with Crippen molar-refractivity contribution >= 4 is 46.0 Å². The molecule has 0 radical (unpaired) electrons. The van der Waals surface area contributed by atoms with Crippen molar-refractivity contribution in [2.24, 2.45) is 0 Å². The summed E-state index contributed by atoms with van der Waals surface area (Å²) >= 11 is 1.10. The molecule has 1 N–H and O–H groups in total. The maximum Gasteiger partial charge on any atom is 0.338 e. The summed E-state index contributed by atoms with van der Waals surface area (Å²) in [6.45, 7) is 2.80. The van der Waals surface area contributed by atoms with Crippen LogP contribution in [0.25, 0.3) is 0 Å². The van der Waals surface area contributed by atoms with Crippen LogP contribution >= 0.6 is 11.3 Å². The SMILES string of the molecule is Cc1cc(NC(=O)COC(=O)c2ccc3c(c2)C(=O)N(c2nnc(C)s2)C3=O)no1. The molecule has 30 heavy (non-hydrogen) atoms. The minimum absolute atomic E-state index is 0.0234. The number of imide groups is 1. The Morgan fingerprint density at radius 2 is 1.90 bits per heavy atom. The van der Waals surface area contributed by atoms with Crippen LogP contribution in [0.1, 0.15) is 41.8 Å². The summed E-state index contributed by atoms with van der Waals surface area (Å²) in [5.41, 5.74) is 0.212. The van der Waals surface area contributed by atoms with Gasteiger partial charge in [-0.05, 0) is 32.0 Å². The minimum Gasteiger partial charge on any atom is -0.452 e. The van der Waals surface area contributed by atoms with Gasteiger partial charge in [0.05, 0.1) is 16.7 Å². The zero-order chi connectivity index (χ0) is 21.4. The smallest absolute Gasteiger partial charge is 0.338 e. The van der Waals surface area contributed by atoms with Gasteiger partial charge < -0.3 is 14.6 Å². The van der Waals surface area contributed by atoms with Gasteiger partial charge in [0.25, 0.3) is 17.7 Å². The van der Waals surface area contributed by atoms with E-state index in [9.17, 15) is 19.2 Å². The van der Waals surface area contributed by atoms with E-state index in [1.165, 1.54) is 24.3 Å². The van der Waals surface area contributed by atoms with Gasteiger partial charge in [0.1, 0.15) is 10.8 Å². The van der Waals surface area contributed by atoms with Crippen LogP contribution in [0.3, 0.4) is 0 Å². The summed E-state index contributed by atoms with van der Waals surface area (Å²) < 4.78 is 9.79. The van der Waals surface area contributed by atoms with E-state index in [2.05, 4.69) is 20.7 Å². The van der Waals surface area contributed by atoms with Crippen molar-refractivity contribution in [3.63, 3.8) is 0 Å². The van der Waals surface area contributed by atoms with Crippen molar-refractivity contribution in [2.45, 2.75) is 13.8 Å². The first-order valence-corrected chi connectivity index (χ1v) is 9.38. The summed E-state index contributed by atoms with van der Waals surface area (Å²) in [4.78, 5) is 50.3. The fourth-order valence-electron chi connectivity index (χ4n) is 2.74. The quantitative estimate of drug-likeness (QED) is 0.475. The van der Waals surface area contributed by atoms with Crippen LogP contribution in [0.5, 0.6) is 0 Å². The Balaban J connectivity index is 1.45. The minimum atomic E-state index is -0.824. The summed E-state index contributed by atoms with van der Waals surface area (Å²) in [5.74, 6) is -1.88. The van der Waals surface area contributed by atoms with Gasteiger partial charge in [-0.1, -0.05) is 16.5 Å². The van der Waals surface area contributed by atoms with Crippen molar-refractivity contribution in [2.75, 3.05) is 16.8 Å². The van der Waals surface area contributed by atoms with Crippen molar-refractivity contribution in [3.8, 4) is 0 Å². The second-order valence-corrected chi connectivity index (χ2v) is 7.42. The highest BCUT2D eigenvalue weighted by molar-refractivity contribution is 7.15. The van der Waals surface area contributed by atoms with Gasteiger partial charge in [0, 0.05) is 6.07 Å². The molecule has 0 unspecified atom stereocenters. The van der Waals surface area contributed by atoms with E-state index in [0.717, 1.165) is 16.2 Å². The van der Waals surface area contributed by atoms with Crippen molar-refractivity contribution in [3.05, 3.63) is 51.7 Å². The van der Waals surface area contributed by atoms with Gasteiger partial charge in [-0.25, -0.2) is 9.69 Å². The number of fused-ring (bicyclic) bond motifs is 1. The van der Waals surface area contributed by atoms with Crippen LogP contribution in [0.4, 0.5) is 10.9 Å². The van der Waals surface area contributed by atoms with E-state index in [-0.39, 0.29) is 27.6 Å². The Morgan fingerprint density at radius 3 is 2.57 bits per heavy atom. The molecular weight excluding hydrogens is 414 g/mol. The number of benzene rings is 1. The number of rotatable bonds is 5. The highest BCUT2D eigenvalue weighted by atomic mass is 32.1. The zero-order valence-corrected chi connectivity index (χ0v) is 16.5. The molecule has 2 aromatic heterocycles. The van der Waals surface area contributed by atoms with E-state index < -0.39 is 30.3 Å². The average molecular weight is 427 g/mol. The topological polar surface area (TPSA) is 145 Å². The summed E-state index contributed by atoms with van der Waals surface area (Å²) in [7, 11) is 0.